The van der Waals surface area contributed by atoms with E-state index in [1.165, 1.54) is 18.4 Å². The van der Waals surface area contributed by atoms with E-state index in [9.17, 15) is 0 Å². The second-order valence-corrected chi connectivity index (χ2v) is 6.88. The van der Waals surface area contributed by atoms with Crippen molar-refractivity contribution in [3.05, 3.63) is 29.8 Å². The molecule has 1 heterocycles. The molecule has 106 valence electrons. The second kappa shape index (κ2) is 5.96. The van der Waals surface area contributed by atoms with Crippen LogP contribution in [-0.4, -0.2) is 19.7 Å². The molecule has 0 aromatic heterocycles. The molecule has 0 bridgehead atoms. The van der Waals surface area contributed by atoms with Gasteiger partial charge in [-0.1, -0.05) is 39.0 Å². The van der Waals surface area contributed by atoms with Crippen molar-refractivity contribution in [1.29, 1.82) is 0 Å². The van der Waals surface area contributed by atoms with Crippen LogP contribution in [-0.2, 0) is 6.42 Å². The van der Waals surface area contributed by atoms with Crippen molar-refractivity contribution in [2.45, 2.75) is 46.1 Å². The maximum absolute atomic E-state index is 5.91. The molecular weight excluding hydrogens is 234 g/mol. The molecule has 2 rings (SSSR count). The first-order chi connectivity index (χ1) is 8.99. The molecular formula is C17H27NO. The summed E-state index contributed by atoms with van der Waals surface area (Å²) in [5.74, 6) is 1.66. The molecule has 1 aromatic carbocycles. The van der Waals surface area contributed by atoms with Gasteiger partial charge in [-0.05, 0) is 43.4 Å². The van der Waals surface area contributed by atoms with Gasteiger partial charge in [0.1, 0.15) is 5.75 Å². The highest BCUT2D eigenvalue weighted by Gasteiger charge is 2.27. The molecule has 2 unspecified atom stereocenters. The van der Waals surface area contributed by atoms with Gasteiger partial charge in [-0.15, -0.1) is 0 Å². The average Bonchev–Trinajstić information content (AvgIpc) is 2.38. The quantitative estimate of drug-likeness (QED) is 0.893. The highest BCUT2D eigenvalue weighted by molar-refractivity contribution is 5.35. The molecule has 1 aromatic rings. The van der Waals surface area contributed by atoms with E-state index in [2.05, 4.69) is 51.3 Å². The van der Waals surface area contributed by atoms with Gasteiger partial charge in [0.15, 0.2) is 0 Å². The fourth-order valence-corrected chi connectivity index (χ4v) is 2.81. The Labute approximate surface area is 117 Å². The normalized spacial score (nSPS) is 20.5. The lowest BCUT2D eigenvalue weighted by Crippen LogP contribution is -2.40. The van der Waals surface area contributed by atoms with Crippen molar-refractivity contribution in [2.24, 2.45) is 11.3 Å². The van der Waals surface area contributed by atoms with E-state index < -0.39 is 0 Å². The largest absolute Gasteiger partial charge is 0.493 e. The maximum atomic E-state index is 5.91. The maximum Gasteiger partial charge on any atom is 0.122 e. The summed E-state index contributed by atoms with van der Waals surface area (Å²) in [7, 11) is 2.08. The fraction of sp³-hybridized carbons (Fsp3) is 0.647. The molecule has 0 fully saturated rings. The second-order valence-electron chi connectivity index (χ2n) is 6.88. The first kappa shape index (κ1) is 14.4. The van der Waals surface area contributed by atoms with Gasteiger partial charge < -0.3 is 10.1 Å². The van der Waals surface area contributed by atoms with Crippen LogP contribution >= 0.6 is 0 Å². The van der Waals surface area contributed by atoms with Crippen molar-refractivity contribution in [2.75, 3.05) is 13.7 Å². The number of rotatable bonds is 4. The van der Waals surface area contributed by atoms with Gasteiger partial charge in [0, 0.05) is 12.0 Å². The Hall–Kier alpha value is -1.02. The van der Waals surface area contributed by atoms with Crippen molar-refractivity contribution in [1.82, 2.24) is 5.32 Å². The molecule has 19 heavy (non-hydrogen) atoms. The zero-order valence-corrected chi connectivity index (χ0v) is 12.7. The van der Waals surface area contributed by atoms with Crippen LogP contribution < -0.4 is 10.1 Å². The lowest BCUT2D eigenvalue weighted by Gasteiger charge is -2.33. The fourth-order valence-electron chi connectivity index (χ4n) is 2.81. The Kier molecular flexibility index (Phi) is 4.51. The van der Waals surface area contributed by atoms with E-state index in [1.807, 2.05) is 6.07 Å². The van der Waals surface area contributed by atoms with Gasteiger partial charge in [0.25, 0.3) is 0 Å². The van der Waals surface area contributed by atoms with Crippen LogP contribution in [0.3, 0.4) is 0 Å². The van der Waals surface area contributed by atoms with Gasteiger partial charge in [0.05, 0.1) is 6.61 Å². The van der Waals surface area contributed by atoms with Crippen molar-refractivity contribution in [3.63, 3.8) is 0 Å². The number of hydrogen-bond donors (Lipinski definition) is 1. The van der Waals surface area contributed by atoms with Crippen LogP contribution in [0.25, 0.3) is 0 Å². The predicted octanol–water partition coefficient (Wildman–Crippen LogP) is 3.65. The van der Waals surface area contributed by atoms with E-state index in [1.54, 1.807) is 0 Å². The predicted molar refractivity (Wildman–Crippen MR) is 80.7 cm³/mol. The molecule has 2 nitrogen and oxygen atoms in total. The zero-order valence-electron chi connectivity index (χ0n) is 12.7. The van der Waals surface area contributed by atoms with Crippen LogP contribution in [0, 0.1) is 11.3 Å². The highest BCUT2D eigenvalue weighted by Crippen LogP contribution is 2.31. The van der Waals surface area contributed by atoms with Gasteiger partial charge >= 0.3 is 0 Å². The molecule has 2 atom stereocenters. The Morgan fingerprint density at radius 2 is 2.05 bits per heavy atom. The van der Waals surface area contributed by atoms with E-state index in [0.717, 1.165) is 18.8 Å². The summed E-state index contributed by atoms with van der Waals surface area (Å²) >= 11 is 0. The highest BCUT2D eigenvalue weighted by atomic mass is 16.5. The van der Waals surface area contributed by atoms with E-state index >= 15 is 0 Å². The van der Waals surface area contributed by atoms with Crippen LogP contribution in [0.15, 0.2) is 24.3 Å². The lowest BCUT2D eigenvalue weighted by molar-refractivity contribution is 0.174. The first-order valence-corrected chi connectivity index (χ1v) is 7.37. The summed E-state index contributed by atoms with van der Waals surface area (Å²) in [5, 5.41) is 3.50. The minimum Gasteiger partial charge on any atom is -0.493 e. The third kappa shape index (κ3) is 3.97. The third-order valence-electron chi connectivity index (χ3n) is 4.05. The van der Waals surface area contributed by atoms with Crippen LogP contribution in [0.2, 0.25) is 0 Å². The van der Waals surface area contributed by atoms with Crippen LogP contribution in [0.5, 0.6) is 5.75 Å². The number of benzene rings is 1. The summed E-state index contributed by atoms with van der Waals surface area (Å²) in [4.78, 5) is 0. The zero-order chi connectivity index (χ0) is 13.9. The van der Waals surface area contributed by atoms with Crippen LogP contribution in [0.1, 0.15) is 39.2 Å². The van der Waals surface area contributed by atoms with Gasteiger partial charge in [0.2, 0.25) is 0 Å². The van der Waals surface area contributed by atoms with E-state index in [0.29, 0.717) is 17.4 Å². The van der Waals surface area contributed by atoms with E-state index in [4.69, 9.17) is 4.74 Å². The number of para-hydroxylation sites is 1. The average molecular weight is 261 g/mol. The van der Waals surface area contributed by atoms with Crippen molar-refractivity contribution < 1.29 is 4.74 Å². The Balaban J connectivity index is 1.98. The molecule has 0 spiro atoms. The third-order valence-corrected chi connectivity index (χ3v) is 4.05. The molecule has 2 heteroatoms. The number of ether oxygens (including phenoxy) is 1. The Bertz CT molecular complexity index is 408. The SMILES string of the molecule is CNC(CCC(C)(C)C)C1COc2ccccc2C1. The Morgan fingerprint density at radius 1 is 1.32 bits per heavy atom. The molecule has 1 N–H and O–H groups in total. The summed E-state index contributed by atoms with van der Waals surface area (Å²) < 4.78 is 5.91. The summed E-state index contributed by atoms with van der Waals surface area (Å²) in [6, 6.07) is 8.97. The molecule has 0 saturated heterocycles. The number of fused-ring (bicyclic) bond motifs is 1. The minimum absolute atomic E-state index is 0.405. The molecule has 0 saturated carbocycles. The minimum atomic E-state index is 0.405. The topological polar surface area (TPSA) is 21.3 Å². The van der Waals surface area contributed by atoms with Crippen LogP contribution in [0.4, 0.5) is 0 Å². The molecule has 1 aliphatic heterocycles. The molecule has 1 aliphatic rings. The van der Waals surface area contributed by atoms with Crippen molar-refractivity contribution in [3.8, 4) is 5.75 Å². The van der Waals surface area contributed by atoms with Gasteiger partial charge in [-0.2, -0.15) is 0 Å². The number of hydrogen-bond acceptors (Lipinski definition) is 2. The monoisotopic (exact) mass is 261 g/mol. The summed E-state index contributed by atoms with van der Waals surface area (Å²) in [5.41, 5.74) is 1.76. The van der Waals surface area contributed by atoms with E-state index in [-0.39, 0.29) is 0 Å². The Morgan fingerprint density at radius 3 is 2.74 bits per heavy atom. The smallest absolute Gasteiger partial charge is 0.122 e. The first-order valence-electron chi connectivity index (χ1n) is 7.37. The number of nitrogens with one attached hydrogen (secondary N) is 1. The lowest BCUT2D eigenvalue weighted by atomic mass is 9.83. The van der Waals surface area contributed by atoms with Gasteiger partial charge in [-0.25, -0.2) is 0 Å². The van der Waals surface area contributed by atoms with Crippen molar-refractivity contribution >= 4 is 0 Å². The van der Waals surface area contributed by atoms with Gasteiger partial charge in [-0.3, -0.25) is 0 Å². The molecule has 0 radical (unpaired) electrons. The molecule has 0 aliphatic carbocycles. The summed E-state index contributed by atoms with van der Waals surface area (Å²) in [6.07, 6.45) is 3.60. The summed E-state index contributed by atoms with van der Waals surface area (Å²) in [6.45, 7) is 7.78. The molecule has 0 amide bonds. The standard InChI is InChI=1S/C17H27NO/c1-17(2,3)10-9-15(18-4)14-11-13-7-5-6-8-16(13)19-12-14/h5-8,14-15,18H,9-12H2,1-4H3.